The third kappa shape index (κ3) is 3.38. The third-order valence-electron chi connectivity index (χ3n) is 5.11. The average Bonchev–Trinajstić information content (AvgIpc) is 2.69. The average molecular weight is 329 g/mol. The Morgan fingerprint density at radius 1 is 0.680 bits per heavy atom. The fourth-order valence-corrected chi connectivity index (χ4v) is 3.89. The van der Waals surface area contributed by atoms with Gasteiger partial charge in [-0.1, -0.05) is 111 Å². The number of nitrogens with two attached hydrogens (primary N) is 1. The molecule has 0 fully saturated rings. The van der Waals surface area contributed by atoms with Gasteiger partial charge in [-0.2, -0.15) is 0 Å². The number of hydrogen-bond donors (Lipinski definition) is 1. The van der Waals surface area contributed by atoms with Gasteiger partial charge in [0.05, 0.1) is 5.41 Å². The molecule has 0 aliphatic rings. The van der Waals surface area contributed by atoms with Gasteiger partial charge in [0.25, 0.3) is 0 Å². The monoisotopic (exact) mass is 329 g/mol. The summed E-state index contributed by atoms with van der Waals surface area (Å²) in [5.74, 6) is 0. The molecule has 3 rings (SSSR count). The van der Waals surface area contributed by atoms with Crippen LogP contribution in [0.25, 0.3) is 0 Å². The Bertz CT molecular complexity index is 653. The molecule has 0 aliphatic carbocycles. The van der Waals surface area contributed by atoms with Crippen LogP contribution in [0.3, 0.4) is 0 Å². The molecule has 0 aliphatic heterocycles. The molecular formula is C24H27N. The van der Waals surface area contributed by atoms with Crippen LogP contribution in [-0.2, 0) is 5.41 Å². The van der Waals surface area contributed by atoms with Crippen LogP contribution in [0, 0.1) is 0 Å². The molecular weight excluding hydrogens is 302 g/mol. The molecule has 0 saturated carbocycles. The van der Waals surface area contributed by atoms with Gasteiger partial charge >= 0.3 is 0 Å². The van der Waals surface area contributed by atoms with Gasteiger partial charge in [-0.25, -0.2) is 0 Å². The highest BCUT2D eigenvalue weighted by Gasteiger charge is 2.41. The van der Waals surface area contributed by atoms with Crippen molar-refractivity contribution >= 4 is 0 Å². The van der Waals surface area contributed by atoms with E-state index in [1.807, 2.05) is 0 Å². The Morgan fingerprint density at radius 2 is 1.04 bits per heavy atom. The van der Waals surface area contributed by atoms with Crippen molar-refractivity contribution in [1.82, 2.24) is 0 Å². The zero-order valence-corrected chi connectivity index (χ0v) is 14.9. The van der Waals surface area contributed by atoms with Gasteiger partial charge in [-0.05, 0) is 23.1 Å². The van der Waals surface area contributed by atoms with E-state index in [4.69, 9.17) is 5.73 Å². The van der Waals surface area contributed by atoms with Crippen molar-refractivity contribution in [1.29, 1.82) is 0 Å². The standard InChI is InChI=1S/C24H27N/c1-2-3-19-23(25)24(20-13-7-4-8-14-20,21-15-9-5-10-16-21)22-17-11-6-12-18-22/h4-18,23H,2-3,19,25H2,1H3. The lowest BCUT2D eigenvalue weighted by Gasteiger charge is -2.41. The molecule has 0 radical (unpaired) electrons. The summed E-state index contributed by atoms with van der Waals surface area (Å²) in [5, 5.41) is 0. The normalized spacial score (nSPS) is 12.7. The van der Waals surface area contributed by atoms with E-state index in [0.717, 1.165) is 19.3 Å². The lowest BCUT2D eigenvalue weighted by atomic mass is 9.64. The van der Waals surface area contributed by atoms with Crippen LogP contribution < -0.4 is 5.73 Å². The molecule has 3 aromatic rings. The van der Waals surface area contributed by atoms with E-state index < -0.39 is 0 Å². The van der Waals surface area contributed by atoms with E-state index in [1.165, 1.54) is 16.7 Å². The molecule has 0 heterocycles. The SMILES string of the molecule is CCCCC(N)C(c1ccccc1)(c1ccccc1)c1ccccc1. The maximum atomic E-state index is 6.94. The molecule has 2 N–H and O–H groups in total. The first-order valence-corrected chi connectivity index (χ1v) is 9.22. The Morgan fingerprint density at radius 3 is 1.36 bits per heavy atom. The van der Waals surface area contributed by atoms with E-state index in [2.05, 4.69) is 97.9 Å². The second-order valence-corrected chi connectivity index (χ2v) is 6.65. The molecule has 3 aromatic carbocycles. The van der Waals surface area contributed by atoms with Crippen LogP contribution in [-0.4, -0.2) is 6.04 Å². The highest BCUT2D eigenvalue weighted by Crippen LogP contribution is 2.42. The van der Waals surface area contributed by atoms with Gasteiger partial charge in [-0.15, -0.1) is 0 Å². The molecule has 1 heteroatoms. The summed E-state index contributed by atoms with van der Waals surface area (Å²) in [5.41, 5.74) is 10.4. The molecule has 128 valence electrons. The first kappa shape index (κ1) is 17.4. The molecule has 0 amide bonds. The minimum atomic E-state index is -0.334. The molecule has 1 nitrogen and oxygen atoms in total. The maximum absolute atomic E-state index is 6.94. The molecule has 1 atom stereocenters. The Hall–Kier alpha value is -2.38. The largest absolute Gasteiger partial charge is 0.326 e. The summed E-state index contributed by atoms with van der Waals surface area (Å²) in [4.78, 5) is 0. The van der Waals surface area contributed by atoms with Gasteiger partial charge in [-0.3, -0.25) is 0 Å². The third-order valence-corrected chi connectivity index (χ3v) is 5.11. The van der Waals surface area contributed by atoms with Gasteiger partial charge in [0, 0.05) is 6.04 Å². The van der Waals surface area contributed by atoms with Crippen molar-refractivity contribution in [3.05, 3.63) is 108 Å². The van der Waals surface area contributed by atoms with E-state index >= 15 is 0 Å². The highest BCUT2D eigenvalue weighted by atomic mass is 14.7. The molecule has 1 unspecified atom stereocenters. The Labute approximate surface area is 151 Å². The first-order valence-electron chi connectivity index (χ1n) is 9.22. The van der Waals surface area contributed by atoms with Crippen molar-refractivity contribution in [3.8, 4) is 0 Å². The van der Waals surface area contributed by atoms with E-state index in [9.17, 15) is 0 Å². The molecule has 0 bridgehead atoms. The molecule has 0 aromatic heterocycles. The van der Waals surface area contributed by atoms with E-state index in [1.54, 1.807) is 0 Å². The zero-order chi connectivity index (χ0) is 17.5. The summed E-state index contributed by atoms with van der Waals surface area (Å²) >= 11 is 0. The van der Waals surface area contributed by atoms with Crippen molar-refractivity contribution in [2.24, 2.45) is 5.73 Å². The summed E-state index contributed by atoms with van der Waals surface area (Å²) in [6, 6.07) is 32.2. The molecule has 25 heavy (non-hydrogen) atoms. The van der Waals surface area contributed by atoms with Gasteiger partial charge < -0.3 is 5.73 Å². The minimum absolute atomic E-state index is 0.0136. The lowest BCUT2D eigenvalue weighted by Crippen LogP contribution is -2.47. The van der Waals surface area contributed by atoms with Crippen LogP contribution in [0.1, 0.15) is 42.9 Å². The van der Waals surface area contributed by atoms with E-state index in [0.29, 0.717) is 0 Å². The summed E-state index contributed by atoms with van der Waals surface area (Å²) in [6.45, 7) is 2.22. The van der Waals surface area contributed by atoms with Crippen molar-refractivity contribution in [2.75, 3.05) is 0 Å². The maximum Gasteiger partial charge on any atom is 0.0602 e. The fourth-order valence-electron chi connectivity index (χ4n) is 3.89. The summed E-state index contributed by atoms with van der Waals surface area (Å²) < 4.78 is 0. The fraction of sp³-hybridized carbons (Fsp3) is 0.250. The van der Waals surface area contributed by atoms with Crippen LogP contribution in [0.15, 0.2) is 91.0 Å². The number of unbranched alkanes of at least 4 members (excludes halogenated alkanes) is 1. The molecule has 0 spiro atoms. The number of benzene rings is 3. The smallest absolute Gasteiger partial charge is 0.0602 e. The van der Waals surface area contributed by atoms with Crippen molar-refractivity contribution in [2.45, 2.75) is 37.6 Å². The number of rotatable bonds is 7. The quantitative estimate of drug-likeness (QED) is 0.566. The van der Waals surface area contributed by atoms with Crippen molar-refractivity contribution in [3.63, 3.8) is 0 Å². The second-order valence-electron chi connectivity index (χ2n) is 6.65. The van der Waals surface area contributed by atoms with Gasteiger partial charge in [0.1, 0.15) is 0 Å². The Kier molecular flexibility index (Phi) is 5.67. The van der Waals surface area contributed by atoms with Gasteiger partial charge in [0.2, 0.25) is 0 Å². The minimum Gasteiger partial charge on any atom is -0.326 e. The van der Waals surface area contributed by atoms with Crippen LogP contribution in [0.5, 0.6) is 0 Å². The summed E-state index contributed by atoms with van der Waals surface area (Å²) in [7, 11) is 0. The number of hydrogen-bond acceptors (Lipinski definition) is 1. The van der Waals surface area contributed by atoms with E-state index in [-0.39, 0.29) is 11.5 Å². The van der Waals surface area contributed by atoms with Gasteiger partial charge in [0.15, 0.2) is 0 Å². The predicted octanol–water partition coefficient (Wildman–Crippen LogP) is 5.54. The predicted molar refractivity (Wildman–Crippen MR) is 107 cm³/mol. The van der Waals surface area contributed by atoms with Crippen molar-refractivity contribution < 1.29 is 0 Å². The molecule has 0 saturated heterocycles. The topological polar surface area (TPSA) is 26.0 Å². The Balaban J connectivity index is 2.28. The lowest BCUT2D eigenvalue weighted by molar-refractivity contribution is 0.434. The van der Waals surface area contributed by atoms with Crippen LogP contribution in [0.2, 0.25) is 0 Å². The van der Waals surface area contributed by atoms with Crippen LogP contribution in [0.4, 0.5) is 0 Å². The highest BCUT2D eigenvalue weighted by molar-refractivity contribution is 5.52. The van der Waals surface area contributed by atoms with Crippen LogP contribution >= 0.6 is 0 Å². The second kappa shape index (κ2) is 8.13. The zero-order valence-electron chi connectivity index (χ0n) is 14.9. The first-order chi connectivity index (χ1) is 12.3. The summed E-state index contributed by atoms with van der Waals surface area (Å²) in [6.07, 6.45) is 3.28.